The molecule has 2 N–H and O–H groups in total. The molecule has 7 heteroatoms. The summed E-state index contributed by atoms with van der Waals surface area (Å²) in [5, 5.41) is 3.51. The Morgan fingerprint density at radius 3 is 2.79 bits per heavy atom. The zero-order valence-corrected chi connectivity index (χ0v) is 15.8. The lowest BCUT2D eigenvalue weighted by molar-refractivity contribution is -0.129. The summed E-state index contributed by atoms with van der Waals surface area (Å²) >= 11 is 1.64. The van der Waals surface area contributed by atoms with Crippen LogP contribution < -0.4 is 5.32 Å². The highest BCUT2D eigenvalue weighted by atomic mass is 35.5. The van der Waals surface area contributed by atoms with Gasteiger partial charge in [0.15, 0.2) is 0 Å². The number of rotatable bonds is 5. The van der Waals surface area contributed by atoms with Crippen LogP contribution in [0.4, 0.5) is 0 Å². The van der Waals surface area contributed by atoms with Crippen molar-refractivity contribution in [2.75, 3.05) is 25.9 Å². The summed E-state index contributed by atoms with van der Waals surface area (Å²) in [4.78, 5) is 22.3. The number of imidazole rings is 1. The number of amides is 1. The van der Waals surface area contributed by atoms with Crippen molar-refractivity contribution in [2.45, 2.75) is 31.1 Å². The number of benzene rings is 1. The number of aromatic amines is 1. The molecule has 1 aromatic heterocycles. The zero-order chi connectivity index (χ0) is 16.2. The molecule has 1 saturated heterocycles. The van der Waals surface area contributed by atoms with Crippen LogP contribution in [0, 0.1) is 0 Å². The summed E-state index contributed by atoms with van der Waals surface area (Å²) in [6.45, 7) is 4.11. The molecule has 1 aromatic carbocycles. The van der Waals surface area contributed by atoms with E-state index in [4.69, 9.17) is 0 Å². The standard InChI is InChI=1S/C17H24N4OS.ClH/c1-12(17-19-14-5-3-4-6-15(14)20-17)23-11-16(22)21(2)13-7-9-18-10-8-13;/h3-6,12-13,18H,7-11H2,1-2H3,(H,19,20);1H. The number of carbonyl (C=O) groups is 1. The van der Waals surface area contributed by atoms with Crippen LogP contribution in [0.1, 0.15) is 30.8 Å². The lowest BCUT2D eigenvalue weighted by atomic mass is 10.1. The van der Waals surface area contributed by atoms with E-state index >= 15 is 0 Å². The molecule has 0 radical (unpaired) electrons. The number of para-hydroxylation sites is 2. The number of nitrogens with one attached hydrogen (secondary N) is 2. The number of hydrogen-bond acceptors (Lipinski definition) is 4. The second kappa shape index (κ2) is 8.74. The fraction of sp³-hybridized carbons (Fsp3) is 0.529. The Hall–Kier alpha value is -1.24. The number of H-pyrrole nitrogens is 1. The molecule has 5 nitrogen and oxygen atoms in total. The molecule has 1 unspecified atom stereocenters. The number of thioether (sulfide) groups is 1. The number of hydrogen-bond donors (Lipinski definition) is 2. The number of fused-ring (bicyclic) bond motifs is 1. The van der Waals surface area contributed by atoms with Crippen molar-refractivity contribution in [3.05, 3.63) is 30.1 Å². The van der Waals surface area contributed by atoms with Crippen LogP contribution in [0.2, 0.25) is 0 Å². The van der Waals surface area contributed by atoms with Gasteiger partial charge in [0, 0.05) is 13.1 Å². The second-order valence-electron chi connectivity index (χ2n) is 6.08. The molecule has 1 amide bonds. The monoisotopic (exact) mass is 368 g/mol. The SMILES string of the molecule is CC(SCC(=O)N(C)C1CCNCC1)c1nc2ccccc2[nH]1.Cl. The summed E-state index contributed by atoms with van der Waals surface area (Å²) in [5.41, 5.74) is 2.03. The average molecular weight is 369 g/mol. The van der Waals surface area contributed by atoms with Gasteiger partial charge in [0.25, 0.3) is 0 Å². The van der Waals surface area contributed by atoms with E-state index in [-0.39, 0.29) is 23.6 Å². The number of carbonyl (C=O) groups excluding carboxylic acids is 1. The minimum Gasteiger partial charge on any atom is -0.342 e. The van der Waals surface area contributed by atoms with Crippen LogP contribution in [0.5, 0.6) is 0 Å². The maximum absolute atomic E-state index is 12.4. The third-order valence-corrected chi connectivity index (χ3v) is 5.64. The Labute approximate surface area is 153 Å². The van der Waals surface area contributed by atoms with E-state index in [1.54, 1.807) is 11.8 Å². The van der Waals surface area contributed by atoms with E-state index in [0.29, 0.717) is 11.8 Å². The van der Waals surface area contributed by atoms with E-state index in [1.165, 1.54) is 0 Å². The second-order valence-corrected chi connectivity index (χ2v) is 7.41. The van der Waals surface area contributed by atoms with Crippen LogP contribution >= 0.6 is 24.2 Å². The van der Waals surface area contributed by atoms with Crippen molar-refractivity contribution in [1.82, 2.24) is 20.2 Å². The number of piperidine rings is 1. The molecule has 2 heterocycles. The van der Waals surface area contributed by atoms with Gasteiger partial charge < -0.3 is 15.2 Å². The first-order valence-corrected chi connectivity index (χ1v) is 9.22. The van der Waals surface area contributed by atoms with Crippen LogP contribution in [-0.4, -0.2) is 52.7 Å². The number of halogens is 1. The van der Waals surface area contributed by atoms with E-state index in [9.17, 15) is 4.79 Å². The molecule has 0 saturated carbocycles. The first-order valence-electron chi connectivity index (χ1n) is 8.18. The van der Waals surface area contributed by atoms with Gasteiger partial charge >= 0.3 is 0 Å². The van der Waals surface area contributed by atoms with E-state index < -0.39 is 0 Å². The van der Waals surface area contributed by atoms with Gasteiger partial charge in [0.05, 0.1) is 22.0 Å². The van der Waals surface area contributed by atoms with Gasteiger partial charge in [-0.05, 0) is 45.0 Å². The normalized spacial score (nSPS) is 16.6. The highest BCUT2D eigenvalue weighted by molar-refractivity contribution is 8.00. The number of aromatic nitrogens is 2. The van der Waals surface area contributed by atoms with E-state index in [2.05, 4.69) is 22.2 Å². The predicted molar refractivity (Wildman–Crippen MR) is 103 cm³/mol. The molecule has 2 aromatic rings. The van der Waals surface area contributed by atoms with Gasteiger partial charge in [0.1, 0.15) is 5.82 Å². The Morgan fingerprint density at radius 2 is 2.08 bits per heavy atom. The molecular weight excluding hydrogens is 344 g/mol. The summed E-state index contributed by atoms with van der Waals surface area (Å²) in [5.74, 6) is 1.65. The molecule has 132 valence electrons. The van der Waals surface area contributed by atoms with Crippen LogP contribution in [0.25, 0.3) is 11.0 Å². The maximum atomic E-state index is 12.4. The molecule has 1 fully saturated rings. The van der Waals surface area contributed by atoms with Gasteiger partial charge in [0.2, 0.25) is 5.91 Å². The molecule has 0 bridgehead atoms. The minimum absolute atomic E-state index is 0. The largest absolute Gasteiger partial charge is 0.342 e. The van der Waals surface area contributed by atoms with Crippen molar-refractivity contribution in [3.63, 3.8) is 0 Å². The topological polar surface area (TPSA) is 61.0 Å². The van der Waals surface area contributed by atoms with Crippen molar-refractivity contribution >= 4 is 41.1 Å². The molecule has 0 aliphatic carbocycles. The third kappa shape index (κ3) is 4.43. The van der Waals surface area contributed by atoms with Crippen molar-refractivity contribution in [1.29, 1.82) is 0 Å². The molecule has 0 spiro atoms. The van der Waals surface area contributed by atoms with Crippen molar-refractivity contribution < 1.29 is 4.79 Å². The molecule has 1 aliphatic rings. The Kier molecular flexibility index (Phi) is 6.95. The smallest absolute Gasteiger partial charge is 0.232 e. The fourth-order valence-corrected chi connectivity index (χ4v) is 3.81. The first kappa shape index (κ1) is 19.1. The Bertz CT molecular complexity index is 638. The van der Waals surface area contributed by atoms with E-state index in [0.717, 1.165) is 42.8 Å². The number of nitrogens with zero attached hydrogens (tertiary/aromatic N) is 2. The van der Waals surface area contributed by atoms with Gasteiger partial charge in [-0.15, -0.1) is 24.2 Å². The van der Waals surface area contributed by atoms with Gasteiger partial charge in [-0.25, -0.2) is 4.98 Å². The van der Waals surface area contributed by atoms with Crippen LogP contribution in [0.15, 0.2) is 24.3 Å². The first-order chi connectivity index (χ1) is 11.1. The zero-order valence-electron chi connectivity index (χ0n) is 14.1. The fourth-order valence-electron chi connectivity index (χ4n) is 2.94. The van der Waals surface area contributed by atoms with E-state index in [1.807, 2.05) is 36.2 Å². The lowest BCUT2D eigenvalue weighted by Gasteiger charge is -2.31. The summed E-state index contributed by atoms with van der Waals surface area (Å²) in [6, 6.07) is 8.40. The summed E-state index contributed by atoms with van der Waals surface area (Å²) in [6.07, 6.45) is 2.10. The highest BCUT2D eigenvalue weighted by Crippen LogP contribution is 2.28. The summed E-state index contributed by atoms with van der Waals surface area (Å²) < 4.78 is 0. The quantitative estimate of drug-likeness (QED) is 0.851. The molecule has 3 rings (SSSR count). The van der Waals surface area contributed by atoms with Crippen molar-refractivity contribution in [2.24, 2.45) is 0 Å². The maximum Gasteiger partial charge on any atom is 0.232 e. The van der Waals surface area contributed by atoms with Gasteiger partial charge in [-0.2, -0.15) is 0 Å². The molecule has 1 aliphatic heterocycles. The predicted octanol–water partition coefficient (Wildman–Crippen LogP) is 2.99. The highest BCUT2D eigenvalue weighted by Gasteiger charge is 2.22. The molecule has 1 atom stereocenters. The van der Waals surface area contributed by atoms with Gasteiger partial charge in [-0.3, -0.25) is 4.79 Å². The molecule has 24 heavy (non-hydrogen) atoms. The van der Waals surface area contributed by atoms with Crippen molar-refractivity contribution in [3.8, 4) is 0 Å². The third-order valence-electron chi connectivity index (χ3n) is 4.50. The average Bonchev–Trinajstić information content (AvgIpc) is 3.03. The van der Waals surface area contributed by atoms with Crippen LogP contribution in [-0.2, 0) is 4.79 Å². The Balaban J connectivity index is 0.00000208. The lowest BCUT2D eigenvalue weighted by Crippen LogP contribution is -2.44. The Morgan fingerprint density at radius 1 is 1.38 bits per heavy atom. The summed E-state index contributed by atoms with van der Waals surface area (Å²) in [7, 11) is 1.94. The van der Waals surface area contributed by atoms with Gasteiger partial charge in [-0.1, -0.05) is 12.1 Å². The minimum atomic E-state index is 0. The molecular formula is C17H25ClN4OS. The van der Waals surface area contributed by atoms with Crippen LogP contribution in [0.3, 0.4) is 0 Å².